The first-order valence-corrected chi connectivity index (χ1v) is 11.7. The number of rotatable bonds is 5. The molecule has 0 bridgehead atoms. The average molecular weight is 589 g/mol. The van der Waals surface area contributed by atoms with Gasteiger partial charge in [0.1, 0.15) is 12.4 Å². The minimum Gasteiger partial charge on any atom is -0.488 e. The van der Waals surface area contributed by atoms with Gasteiger partial charge in [-0.3, -0.25) is 0 Å². The summed E-state index contributed by atoms with van der Waals surface area (Å²) in [5.74, 6) is -13.1. The molecule has 0 amide bonds. The van der Waals surface area contributed by atoms with Crippen LogP contribution in [-0.4, -0.2) is 12.4 Å². The van der Waals surface area contributed by atoms with Crippen LogP contribution in [0.2, 0.25) is 0 Å². The van der Waals surface area contributed by atoms with Crippen LogP contribution in [0.4, 0.5) is 48.3 Å². The Bertz CT molecular complexity index is 1650. The fourth-order valence-electron chi connectivity index (χ4n) is 3.62. The smallest absolute Gasteiger partial charge is 0.416 e. The zero-order valence-corrected chi connectivity index (χ0v) is 19.4. The van der Waals surface area contributed by atoms with Crippen molar-refractivity contribution in [2.24, 2.45) is 0 Å². The molecule has 16 heteroatoms. The number of hydrogen-bond acceptors (Lipinski definition) is 3. The predicted molar refractivity (Wildman–Crippen MR) is 112 cm³/mol. The van der Waals surface area contributed by atoms with Gasteiger partial charge in [-0.15, -0.1) is 0 Å². The van der Waals surface area contributed by atoms with Gasteiger partial charge in [0.15, 0.2) is 28.2 Å². The van der Waals surface area contributed by atoms with Crippen molar-refractivity contribution in [3.05, 3.63) is 94.4 Å². The van der Waals surface area contributed by atoms with Crippen molar-refractivity contribution in [2.45, 2.75) is 23.9 Å². The molecule has 4 nitrogen and oxygen atoms in total. The monoisotopic (exact) mass is 589 g/mol. The van der Waals surface area contributed by atoms with Crippen LogP contribution < -0.4 is 4.74 Å². The summed E-state index contributed by atoms with van der Waals surface area (Å²) in [5.41, 5.74) is -4.18. The number of aromatic nitrogens is 1. The molecule has 0 fully saturated rings. The maximum Gasteiger partial charge on any atom is 0.416 e. The molecule has 1 aromatic heterocycles. The number of hydrogen-bond donors (Lipinski definition) is 0. The lowest BCUT2D eigenvalue weighted by Gasteiger charge is -2.15. The standard InChI is InChI=1S/C23H10F11NO3S/c24-16-17(25)19(27)21(20(28)18(16)26)39(36,37)35-5-4-13-14(35)2-1-3-15(13)38-9-10-6-11(22(29,30)31)8-12(7-10)23(32,33)34/h1-8H,9H2. The van der Waals surface area contributed by atoms with Gasteiger partial charge in [-0.2, -0.15) is 26.3 Å². The van der Waals surface area contributed by atoms with Crippen LogP contribution >= 0.6 is 0 Å². The third kappa shape index (κ3) is 4.99. The second-order valence-electron chi connectivity index (χ2n) is 7.91. The number of ether oxygens (including phenoxy) is 1. The van der Waals surface area contributed by atoms with E-state index in [0.29, 0.717) is 18.3 Å². The van der Waals surface area contributed by atoms with Gasteiger partial charge in [-0.1, -0.05) is 6.07 Å². The van der Waals surface area contributed by atoms with Crippen LogP contribution in [-0.2, 0) is 29.0 Å². The Hall–Kier alpha value is -3.82. The van der Waals surface area contributed by atoms with E-state index in [2.05, 4.69) is 0 Å². The second-order valence-corrected chi connectivity index (χ2v) is 9.66. The molecule has 0 N–H and O–H groups in total. The molecule has 0 aliphatic heterocycles. The molecule has 0 atom stereocenters. The molecule has 0 saturated carbocycles. The Kier molecular flexibility index (Phi) is 6.82. The minimum absolute atomic E-state index is 0.0887. The van der Waals surface area contributed by atoms with Crippen LogP contribution in [0.15, 0.2) is 53.6 Å². The summed E-state index contributed by atoms with van der Waals surface area (Å²) >= 11 is 0. The summed E-state index contributed by atoms with van der Waals surface area (Å²) < 4.78 is 179. The first-order chi connectivity index (χ1) is 17.9. The molecule has 0 saturated heterocycles. The van der Waals surface area contributed by atoms with Crippen molar-refractivity contribution in [2.75, 3.05) is 0 Å². The Morgan fingerprint density at radius 1 is 0.718 bits per heavy atom. The van der Waals surface area contributed by atoms with Crippen LogP contribution in [0.1, 0.15) is 16.7 Å². The van der Waals surface area contributed by atoms with E-state index in [1.54, 1.807) is 0 Å². The topological polar surface area (TPSA) is 48.3 Å². The van der Waals surface area contributed by atoms with Crippen molar-refractivity contribution in [3.63, 3.8) is 0 Å². The number of alkyl halides is 6. The van der Waals surface area contributed by atoms with Gasteiger partial charge in [0.2, 0.25) is 5.82 Å². The summed E-state index contributed by atoms with van der Waals surface area (Å²) in [6, 6.07) is 5.00. The summed E-state index contributed by atoms with van der Waals surface area (Å²) in [6.45, 7) is -0.859. The third-order valence-corrected chi connectivity index (χ3v) is 7.10. The number of nitrogens with zero attached hydrogens (tertiary/aromatic N) is 1. The Morgan fingerprint density at radius 3 is 1.74 bits per heavy atom. The minimum atomic E-state index is -5.46. The van der Waals surface area contributed by atoms with Crippen molar-refractivity contribution >= 4 is 20.9 Å². The van der Waals surface area contributed by atoms with Gasteiger partial charge in [0, 0.05) is 11.6 Å². The summed E-state index contributed by atoms with van der Waals surface area (Å²) in [5, 5.41) is -0.173. The number of fused-ring (bicyclic) bond motifs is 1. The molecule has 1 heterocycles. The van der Waals surface area contributed by atoms with E-state index in [-0.39, 0.29) is 21.2 Å². The van der Waals surface area contributed by atoms with Crippen molar-refractivity contribution in [1.29, 1.82) is 0 Å². The van der Waals surface area contributed by atoms with Crippen molar-refractivity contribution in [1.82, 2.24) is 3.97 Å². The lowest BCUT2D eigenvalue weighted by molar-refractivity contribution is -0.143. The molecule has 0 aliphatic carbocycles. The lowest BCUT2D eigenvalue weighted by atomic mass is 10.1. The fraction of sp³-hybridized carbons (Fsp3) is 0.130. The second kappa shape index (κ2) is 9.43. The van der Waals surface area contributed by atoms with Gasteiger partial charge in [-0.05, 0) is 42.0 Å². The van der Waals surface area contributed by atoms with E-state index in [4.69, 9.17) is 4.74 Å². The molecule has 0 aliphatic rings. The molecule has 4 rings (SSSR count). The first kappa shape index (κ1) is 28.2. The Morgan fingerprint density at radius 2 is 1.23 bits per heavy atom. The van der Waals surface area contributed by atoms with Crippen LogP contribution in [0, 0.1) is 29.1 Å². The molecule has 39 heavy (non-hydrogen) atoms. The van der Waals surface area contributed by atoms with E-state index in [9.17, 15) is 56.7 Å². The molecule has 0 radical (unpaired) electrons. The average Bonchev–Trinajstić information content (AvgIpc) is 3.29. The highest BCUT2D eigenvalue weighted by Gasteiger charge is 2.37. The maximum atomic E-state index is 14.2. The van der Waals surface area contributed by atoms with E-state index >= 15 is 0 Å². The zero-order chi connectivity index (χ0) is 29.1. The van der Waals surface area contributed by atoms with Crippen LogP contribution in [0.5, 0.6) is 5.75 Å². The van der Waals surface area contributed by atoms with E-state index in [0.717, 1.165) is 24.3 Å². The van der Waals surface area contributed by atoms with Crippen LogP contribution in [0.3, 0.4) is 0 Å². The molecule has 0 unspecified atom stereocenters. The van der Waals surface area contributed by atoms with E-state index < -0.39 is 85.2 Å². The lowest BCUT2D eigenvalue weighted by Crippen LogP contribution is -2.18. The maximum absolute atomic E-state index is 14.2. The van der Waals surface area contributed by atoms with Gasteiger partial charge < -0.3 is 4.74 Å². The zero-order valence-electron chi connectivity index (χ0n) is 18.6. The highest BCUT2D eigenvalue weighted by molar-refractivity contribution is 7.90. The number of halogens is 11. The fourth-order valence-corrected chi connectivity index (χ4v) is 5.09. The third-order valence-electron chi connectivity index (χ3n) is 5.39. The van der Waals surface area contributed by atoms with Gasteiger partial charge in [-0.25, -0.2) is 34.3 Å². The SMILES string of the molecule is O=S(=O)(c1c(F)c(F)c(F)c(F)c1F)n1ccc2c(OCc3cc(C(F)(F)F)cc(C(F)(F)F)c3)cccc21. The molecule has 4 aromatic rings. The van der Waals surface area contributed by atoms with Crippen LogP contribution in [0.25, 0.3) is 10.9 Å². The van der Waals surface area contributed by atoms with Crippen molar-refractivity contribution in [3.8, 4) is 5.75 Å². The van der Waals surface area contributed by atoms with E-state index in [1.165, 1.54) is 0 Å². The van der Waals surface area contributed by atoms with Gasteiger partial charge in [0.25, 0.3) is 10.0 Å². The highest BCUT2D eigenvalue weighted by Crippen LogP contribution is 2.37. The molecule has 3 aromatic carbocycles. The molecule has 208 valence electrons. The summed E-state index contributed by atoms with van der Waals surface area (Å²) in [7, 11) is -5.46. The Balaban J connectivity index is 1.76. The normalized spacial score (nSPS) is 12.8. The first-order valence-electron chi connectivity index (χ1n) is 10.2. The Labute approximate surface area is 210 Å². The summed E-state index contributed by atoms with van der Waals surface area (Å²) in [4.78, 5) is -2.15. The quantitative estimate of drug-likeness (QED) is 0.141. The molecular formula is C23H10F11NO3S. The van der Waals surface area contributed by atoms with Gasteiger partial charge in [0.05, 0.1) is 16.6 Å². The summed E-state index contributed by atoms with van der Waals surface area (Å²) in [6.07, 6.45) is -9.56. The number of benzene rings is 3. The van der Waals surface area contributed by atoms with Gasteiger partial charge >= 0.3 is 12.4 Å². The molecule has 0 spiro atoms. The largest absolute Gasteiger partial charge is 0.488 e. The molecular weight excluding hydrogens is 579 g/mol. The van der Waals surface area contributed by atoms with Crippen molar-refractivity contribution < 1.29 is 61.4 Å². The predicted octanol–water partition coefficient (Wildman–Crippen LogP) is 7.19. The highest BCUT2D eigenvalue weighted by atomic mass is 32.2. The van der Waals surface area contributed by atoms with E-state index in [1.807, 2.05) is 0 Å².